The zero-order valence-corrected chi connectivity index (χ0v) is 10.9. The predicted molar refractivity (Wildman–Crippen MR) is 71.9 cm³/mol. The first-order valence-corrected chi connectivity index (χ1v) is 6.81. The smallest absolute Gasteiger partial charge is 0.163 e. The molecule has 0 amide bonds. The second-order valence-electron chi connectivity index (χ2n) is 5.34. The lowest BCUT2D eigenvalue weighted by molar-refractivity contribution is 0.172. The Labute approximate surface area is 111 Å². The number of H-pyrrole nitrogens is 1. The number of aromatic nitrogens is 2. The molecule has 1 aromatic heterocycles. The molecule has 3 heterocycles. The first-order chi connectivity index (χ1) is 9.31. The fourth-order valence-corrected chi connectivity index (χ4v) is 2.67. The molecule has 2 aliphatic heterocycles. The van der Waals surface area contributed by atoms with E-state index in [9.17, 15) is 0 Å². The summed E-state index contributed by atoms with van der Waals surface area (Å²) in [6.45, 7) is 5.63. The lowest BCUT2D eigenvalue weighted by Gasteiger charge is -2.31. The van der Waals surface area contributed by atoms with Gasteiger partial charge in [-0.05, 0) is 19.0 Å². The van der Waals surface area contributed by atoms with Gasteiger partial charge in [0.2, 0.25) is 0 Å². The molecule has 1 unspecified atom stereocenters. The number of benzene rings is 1. The topological polar surface area (TPSA) is 59.2 Å². The number of hydrogen-bond acceptors (Lipinski definition) is 4. The van der Waals surface area contributed by atoms with E-state index in [1.165, 1.54) is 0 Å². The SMILES string of the molecule is CC(c1nc2cc3c(cc2[nH]1)OCCO3)C1CNC1. The van der Waals surface area contributed by atoms with Gasteiger partial charge in [-0.25, -0.2) is 4.98 Å². The normalized spacial score (nSPS) is 20.3. The van der Waals surface area contributed by atoms with Crippen LogP contribution in [0.15, 0.2) is 12.1 Å². The summed E-state index contributed by atoms with van der Waals surface area (Å²) in [5, 5.41) is 3.31. The minimum Gasteiger partial charge on any atom is -0.486 e. The Hall–Kier alpha value is -1.75. The van der Waals surface area contributed by atoms with Gasteiger partial charge in [0, 0.05) is 18.1 Å². The third-order valence-electron chi connectivity index (χ3n) is 4.12. The fraction of sp³-hybridized carbons (Fsp3) is 0.500. The summed E-state index contributed by atoms with van der Waals surface area (Å²) in [5.74, 6) is 3.81. The van der Waals surface area contributed by atoms with Crippen LogP contribution >= 0.6 is 0 Å². The molecule has 0 saturated carbocycles. The van der Waals surface area contributed by atoms with E-state index in [-0.39, 0.29) is 0 Å². The lowest BCUT2D eigenvalue weighted by Crippen LogP contribution is -2.44. The van der Waals surface area contributed by atoms with Crippen LogP contribution in [0.5, 0.6) is 11.5 Å². The minimum absolute atomic E-state index is 0.451. The molecule has 19 heavy (non-hydrogen) atoms. The average Bonchev–Trinajstić information content (AvgIpc) is 2.76. The molecule has 2 aromatic rings. The second kappa shape index (κ2) is 4.13. The van der Waals surface area contributed by atoms with E-state index in [2.05, 4.69) is 17.2 Å². The zero-order chi connectivity index (χ0) is 12.8. The van der Waals surface area contributed by atoms with Crippen LogP contribution in [0, 0.1) is 5.92 Å². The van der Waals surface area contributed by atoms with E-state index in [1.54, 1.807) is 0 Å². The van der Waals surface area contributed by atoms with E-state index in [0.29, 0.717) is 25.0 Å². The summed E-state index contributed by atoms with van der Waals surface area (Å²) < 4.78 is 11.2. The summed E-state index contributed by atoms with van der Waals surface area (Å²) in [6, 6.07) is 3.96. The highest BCUT2D eigenvalue weighted by molar-refractivity contribution is 5.80. The Balaban J connectivity index is 1.73. The molecule has 5 nitrogen and oxygen atoms in total. The summed E-state index contributed by atoms with van der Waals surface area (Å²) in [4.78, 5) is 8.12. The summed E-state index contributed by atoms with van der Waals surface area (Å²) in [7, 11) is 0. The lowest BCUT2D eigenvalue weighted by atomic mass is 9.88. The highest BCUT2D eigenvalue weighted by atomic mass is 16.6. The van der Waals surface area contributed by atoms with Crippen molar-refractivity contribution < 1.29 is 9.47 Å². The van der Waals surface area contributed by atoms with Crippen LogP contribution < -0.4 is 14.8 Å². The molecule has 0 radical (unpaired) electrons. The summed E-state index contributed by atoms with van der Waals surface area (Å²) in [6.07, 6.45) is 0. The summed E-state index contributed by atoms with van der Waals surface area (Å²) in [5.41, 5.74) is 1.98. The number of nitrogens with zero attached hydrogens (tertiary/aromatic N) is 1. The van der Waals surface area contributed by atoms with Gasteiger partial charge in [0.1, 0.15) is 19.0 Å². The van der Waals surface area contributed by atoms with Crippen molar-refractivity contribution in [3.05, 3.63) is 18.0 Å². The average molecular weight is 259 g/mol. The molecule has 0 bridgehead atoms. The highest BCUT2D eigenvalue weighted by Crippen LogP contribution is 2.35. The zero-order valence-electron chi connectivity index (χ0n) is 10.9. The maximum absolute atomic E-state index is 5.60. The van der Waals surface area contributed by atoms with E-state index in [1.807, 2.05) is 12.1 Å². The number of hydrogen-bond donors (Lipinski definition) is 2. The van der Waals surface area contributed by atoms with Crippen molar-refractivity contribution >= 4 is 11.0 Å². The van der Waals surface area contributed by atoms with Gasteiger partial charge in [-0.15, -0.1) is 0 Å². The van der Waals surface area contributed by atoms with Crippen LogP contribution in [-0.4, -0.2) is 36.3 Å². The highest BCUT2D eigenvalue weighted by Gasteiger charge is 2.27. The van der Waals surface area contributed by atoms with Crippen LogP contribution in [0.4, 0.5) is 0 Å². The van der Waals surface area contributed by atoms with Crippen molar-refractivity contribution in [2.45, 2.75) is 12.8 Å². The van der Waals surface area contributed by atoms with Crippen molar-refractivity contribution in [3.63, 3.8) is 0 Å². The monoisotopic (exact) mass is 259 g/mol. The molecule has 1 saturated heterocycles. The first kappa shape index (κ1) is 11.1. The van der Waals surface area contributed by atoms with Crippen LogP contribution in [0.2, 0.25) is 0 Å². The molecular weight excluding hydrogens is 242 g/mol. The van der Waals surface area contributed by atoms with Crippen molar-refractivity contribution in [2.24, 2.45) is 5.92 Å². The fourth-order valence-electron chi connectivity index (χ4n) is 2.67. The quantitative estimate of drug-likeness (QED) is 0.861. The Morgan fingerprint density at radius 3 is 2.63 bits per heavy atom. The Morgan fingerprint density at radius 2 is 1.95 bits per heavy atom. The van der Waals surface area contributed by atoms with Crippen molar-refractivity contribution in [2.75, 3.05) is 26.3 Å². The Kier molecular flexibility index (Phi) is 2.41. The van der Waals surface area contributed by atoms with Crippen LogP contribution in [-0.2, 0) is 0 Å². The van der Waals surface area contributed by atoms with Gasteiger partial charge in [-0.3, -0.25) is 0 Å². The largest absolute Gasteiger partial charge is 0.486 e. The van der Waals surface area contributed by atoms with Gasteiger partial charge in [0.05, 0.1) is 11.0 Å². The number of imidazole rings is 1. The van der Waals surface area contributed by atoms with Crippen molar-refractivity contribution in [1.82, 2.24) is 15.3 Å². The van der Waals surface area contributed by atoms with Crippen molar-refractivity contribution in [1.29, 1.82) is 0 Å². The van der Waals surface area contributed by atoms with Gasteiger partial charge < -0.3 is 19.8 Å². The van der Waals surface area contributed by atoms with Gasteiger partial charge in [0.15, 0.2) is 11.5 Å². The number of rotatable bonds is 2. The third kappa shape index (κ3) is 1.76. The van der Waals surface area contributed by atoms with E-state index in [0.717, 1.165) is 41.4 Å². The summed E-state index contributed by atoms with van der Waals surface area (Å²) >= 11 is 0. The van der Waals surface area contributed by atoms with E-state index in [4.69, 9.17) is 14.5 Å². The van der Waals surface area contributed by atoms with E-state index < -0.39 is 0 Å². The Bertz CT molecular complexity index is 575. The number of nitrogens with one attached hydrogen (secondary N) is 2. The third-order valence-corrected chi connectivity index (χ3v) is 4.12. The molecule has 1 fully saturated rings. The molecule has 0 aliphatic carbocycles. The molecule has 1 aromatic carbocycles. The van der Waals surface area contributed by atoms with Gasteiger partial charge >= 0.3 is 0 Å². The molecule has 1 atom stereocenters. The standard InChI is InChI=1S/C14H17N3O2/c1-8(9-6-15-7-9)14-16-10-4-12-13(5-11(10)17-14)19-3-2-18-12/h4-5,8-9,15H,2-3,6-7H2,1H3,(H,16,17). The molecule has 2 N–H and O–H groups in total. The maximum Gasteiger partial charge on any atom is 0.163 e. The van der Waals surface area contributed by atoms with Crippen LogP contribution in [0.1, 0.15) is 18.7 Å². The van der Waals surface area contributed by atoms with Crippen LogP contribution in [0.25, 0.3) is 11.0 Å². The predicted octanol–water partition coefficient (Wildman–Crippen LogP) is 1.66. The number of fused-ring (bicyclic) bond motifs is 2. The molecule has 2 aliphatic rings. The molecular formula is C14H17N3O2. The number of aromatic amines is 1. The molecule has 100 valence electrons. The maximum atomic E-state index is 5.60. The van der Waals surface area contributed by atoms with Crippen molar-refractivity contribution in [3.8, 4) is 11.5 Å². The molecule has 4 rings (SSSR count). The van der Waals surface area contributed by atoms with E-state index >= 15 is 0 Å². The molecule has 0 spiro atoms. The second-order valence-corrected chi connectivity index (χ2v) is 5.34. The molecule has 5 heteroatoms. The first-order valence-electron chi connectivity index (χ1n) is 6.81. The van der Waals surface area contributed by atoms with Gasteiger partial charge in [-0.1, -0.05) is 6.92 Å². The Morgan fingerprint density at radius 1 is 1.21 bits per heavy atom. The number of ether oxygens (including phenoxy) is 2. The van der Waals surface area contributed by atoms with Crippen LogP contribution in [0.3, 0.4) is 0 Å². The van der Waals surface area contributed by atoms with Gasteiger partial charge in [0.25, 0.3) is 0 Å². The van der Waals surface area contributed by atoms with Gasteiger partial charge in [-0.2, -0.15) is 0 Å². The minimum atomic E-state index is 0.451.